The fraction of sp³-hybridized carbons (Fsp3) is 0.364. The fourth-order valence-corrected chi connectivity index (χ4v) is 1.58. The Morgan fingerprint density at radius 2 is 2.00 bits per heavy atom. The monoisotopic (exact) mass is 174 g/mol. The molecule has 0 aliphatic rings. The van der Waals surface area contributed by atoms with E-state index in [-0.39, 0.29) is 5.41 Å². The van der Waals surface area contributed by atoms with Crippen LogP contribution >= 0.6 is 0 Å². The van der Waals surface area contributed by atoms with Crippen molar-refractivity contribution < 1.29 is 0 Å². The molecule has 68 valence electrons. The van der Waals surface area contributed by atoms with Crippen molar-refractivity contribution in [3.8, 4) is 0 Å². The van der Waals surface area contributed by atoms with E-state index in [2.05, 4.69) is 36.8 Å². The van der Waals surface area contributed by atoms with Crippen LogP contribution in [0.1, 0.15) is 26.5 Å². The number of nitrogens with one attached hydrogen (secondary N) is 1. The summed E-state index contributed by atoms with van der Waals surface area (Å²) in [5, 5.41) is 1.23. The molecule has 0 atom stereocenters. The van der Waals surface area contributed by atoms with E-state index in [1.807, 2.05) is 18.5 Å². The molecule has 0 fully saturated rings. The highest BCUT2D eigenvalue weighted by atomic mass is 14.7. The average molecular weight is 174 g/mol. The second kappa shape index (κ2) is 2.59. The molecule has 0 spiro atoms. The number of H-pyrrole nitrogens is 1. The van der Waals surface area contributed by atoms with Crippen LogP contribution in [0.25, 0.3) is 10.9 Å². The predicted molar refractivity (Wildman–Crippen MR) is 54.8 cm³/mol. The number of aromatic amines is 1. The molecule has 0 saturated heterocycles. The van der Waals surface area contributed by atoms with Gasteiger partial charge >= 0.3 is 0 Å². The number of pyridine rings is 1. The minimum absolute atomic E-state index is 0.113. The van der Waals surface area contributed by atoms with Gasteiger partial charge in [-0.05, 0) is 12.1 Å². The molecule has 0 bridgehead atoms. The standard InChI is InChI=1S/C11H14N2/c1-11(2,3)10-8-4-6-12-9(8)5-7-13-10/h4-7,12H,1-3H3. The van der Waals surface area contributed by atoms with E-state index in [0.29, 0.717) is 0 Å². The molecule has 2 heterocycles. The van der Waals surface area contributed by atoms with E-state index in [0.717, 1.165) is 5.69 Å². The average Bonchev–Trinajstić information content (AvgIpc) is 2.48. The Bertz CT molecular complexity index is 421. The lowest BCUT2D eigenvalue weighted by molar-refractivity contribution is 0.575. The SMILES string of the molecule is CC(C)(C)c1nccc2[nH]ccc12. The molecule has 2 heteroatoms. The maximum Gasteiger partial charge on any atom is 0.0550 e. The van der Waals surface area contributed by atoms with Crippen LogP contribution in [0.5, 0.6) is 0 Å². The first-order valence-electron chi connectivity index (χ1n) is 4.51. The summed E-state index contributed by atoms with van der Waals surface area (Å²) in [7, 11) is 0. The largest absolute Gasteiger partial charge is 0.361 e. The van der Waals surface area contributed by atoms with Gasteiger partial charge in [0.2, 0.25) is 0 Å². The van der Waals surface area contributed by atoms with Crippen LogP contribution in [-0.2, 0) is 5.41 Å². The van der Waals surface area contributed by atoms with Gasteiger partial charge in [0, 0.05) is 28.7 Å². The molecule has 2 nitrogen and oxygen atoms in total. The Morgan fingerprint density at radius 3 is 2.69 bits per heavy atom. The first-order chi connectivity index (χ1) is 6.09. The third-order valence-corrected chi connectivity index (χ3v) is 2.19. The van der Waals surface area contributed by atoms with Gasteiger partial charge < -0.3 is 4.98 Å². The highest BCUT2D eigenvalue weighted by Crippen LogP contribution is 2.26. The summed E-state index contributed by atoms with van der Waals surface area (Å²) in [5.74, 6) is 0. The van der Waals surface area contributed by atoms with Crippen molar-refractivity contribution in [3.05, 3.63) is 30.2 Å². The summed E-state index contributed by atoms with van der Waals surface area (Å²) < 4.78 is 0. The highest BCUT2D eigenvalue weighted by molar-refractivity contribution is 5.82. The Kier molecular flexibility index (Phi) is 1.65. The zero-order valence-electron chi connectivity index (χ0n) is 8.26. The molecule has 0 radical (unpaired) electrons. The molecule has 1 N–H and O–H groups in total. The van der Waals surface area contributed by atoms with Gasteiger partial charge in [-0.25, -0.2) is 0 Å². The van der Waals surface area contributed by atoms with Gasteiger partial charge in [-0.3, -0.25) is 4.98 Å². The second-order valence-corrected chi connectivity index (χ2v) is 4.35. The summed E-state index contributed by atoms with van der Waals surface area (Å²) in [6, 6.07) is 4.09. The predicted octanol–water partition coefficient (Wildman–Crippen LogP) is 2.86. The maximum atomic E-state index is 4.43. The minimum atomic E-state index is 0.113. The number of rotatable bonds is 0. The van der Waals surface area contributed by atoms with Crippen molar-refractivity contribution in [2.24, 2.45) is 0 Å². The fourth-order valence-electron chi connectivity index (χ4n) is 1.58. The molecular weight excluding hydrogens is 160 g/mol. The zero-order valence-corrected chi connectivity index (χ0v) is 8.26. The third kappa shape index (κ3) is 1.32. The molecule has 2 rings (SSSR count). The summed E-state index contributed by atoms with van der Waals surface area (Å²) >= 11 is 0. The molecule has 0 aliphatic carbocycles. The van der Waals surface area contributed by atoms with Gasteiger partial charge in [0.15, 0.2) is 0 Å². The van der Waals surface area contributed by atoms with E-state index in [9.17, 15) is 0 Å². The van der Waals surface area contributed by atoms with Crippen molar-refractivity contribution >= 4 is 10.9 Å². The quantitative estimate of drug-likeness (QED) is 0.653. The molecular formula is C11H14N2. The van der Waals surface area contributed by atoms with E-state index in [1.54, 1.807) is 0 Å². The van der Waals surface area contributed by atoms with Crippen molar-refractivity contribution in [1.82, 2.24) is 9.97 Å². The Morgan fingerprint density at radius 1 is 1.23 bits per heavy atom. The Balaban J connectivity index is 2.75. The molecule has 13 heavy (non-hydrogen) atoms. The number of hydrogen-bond donors (Lipinski definition) is 1. The van der Waals surface area contributed by atoms with Gasteiger partial charge in [0.05, 0.1) is 5.69 Å². The molecule has 0 amide bonds. The Labute approximate surface area is 78.0 Å². The van der Waals surface area contributed by atoms with Crippen LogP contribution in [0.2, 0.25) is 0 Å². The molecule has 0 saturated carbocycles. The minimum Gasteiger partial charge on any atom is -0.361 e. The maximum absolute atomic E-state index is 4.43. The lowest BCUT2D eigenvalue weighted by Crippen LogP contribution is -2.13. The van der Waals surface area contributed by atoms with Gasteiger partial charge in [-0.2, -0.15) is 0 Å². The van der Waals surface area contributed by atoms with Crippen molar-refractivity contribution in [2.45, 2.75) is 26.2 Å². The number of hydrogen-bond acceptors (Lipinski definition) is 1. The van der Waals surface area contributed by atoms with Crippen LogP contribution in [0.15, 0.2) is 24.5 Å². The zero-order chi connectivity index (χ0) is 9.47. The van der Waals surface area contributed by atoms with Crippen LogP contribution in [0.3, 0.4) is 0 Å². The van der Waals surface area contributed by atoms with Gasteiger partial charge in [0.25, 0.3) is 0 Å². The lowest BCUT2D eigenvalue weighted by atomic mass is 9.89. The number of nitrogens with zero attached hydrogens (tertiary/aromatic N) is 1. The van der Waals surface area contributed by atoms with Gasteiger partial charge in [-0.1, -0.05) is 20.8 Å². The van der Waals surface area contributed by atoms with Crippen LogP contribution < -0.4 is 0 Å². The summed E-state index contributed by atoms with van der Waals surface area (Å²) in [4.78, 5) is 7.62. The van der Waals surface area contributed by atoms with Crippen molar-refractivity contribution in [3.63, 3.8) is 0 Å². The lowest BCUT2D eigenvalue weighted by Gasteiger charge is -2.18. The third-order valence-electron chi connectivity index (χ3n) is 2.19. The summed E-state index contributed by atoms with van der Waals surface area (Å²) in [6.07, 6.45) is 3.82. The highest BCUT2D eigenvalue weighted by Gasteiger charge is 2.18. The topological polar surface area (TPSA) is 28.7 Å². The van der Waals surface area contributed by atoms with Crippen molar-refractivity contribution in [1.29, 1.82) is 0 Å². The molecule has 2 aromatic rings. The summed E-state index contributed by atoms with van der Waals surface area (Å²) in [6.45, 7) is 6.55. The van der Waals surface area contributed by atoms with Crippen LogP contribution in [-0.4, -0.2) is 9.97 Å². The molecule has 0 unspecified atom stereocenters. The molecule has 2 aromatic heterocycles. The van der Waals surface area contributed by atoms with Gasteiger partial charge in [-0.15, -0.1) is 0 Å². The molecule has 0 aromatic carbocycles. The van der Waals surface area contributed by atoms with Crippen molar-refractivity contribution in [2.75, 3.05) is 0 Å². The number of fused-ring (bicyclic) bond motifs is 1. The summed E-state index contributed by atoms with van der Waals surface area (Å²) in [5.41, 5.74) is 2.44. The normalized spacial score (nSPS) is 12.2. The van der Waals surface area contributed by atoms with Crippen LogP contribution in [0, 0.1) is 0 Å². The van der Waals surface area contributed by atoms with Crippen LogP contribution in [0.4, 0.5) is 0 Å². The van der Waals surface area contributed by atoms with E-state index < -0.39 is 0 Å². The van der Waals surface area contributed by atoms with E-state index in [1.165, 1.54) is 10.9 Å². The molecule has 0 aliphatic heterocycles. The number of aromatic nitrogens is 2. The van der Waals surface area contributed by atoms with E-state index in [4.69, 9.17) is 0 Å². The second-order valence-electron chi connectivity index (χ2n) is 4.35. The first kappa shape index (κ1) is 8.30. The van der Waals surface area contributed by atoms with E-state index >= 15 is 0 Å². The smallest absolute Gasteiger partial charge is 0.0550 e. The van der Waals surface area contributed by atoms with Gasteiger partial charge in [0.1, 0.15) is 0 Å². The Hall–Kier alpha value is -1.31. The first-order valence-corrected chi connectivity index (χ1v) is 4.51.